The molecule has 0 aromatic heterocycles. The Balaban J connectivity index is 1.85. The Bertz CT molecular complexity index is 248. The van der Waals surface area contributed by atoms with E-state index in [9.17, 15) is 8.78 Å². The van der Waals surface area contributed by atoms with Crippen molar-refractivity contribution in [1.29, 1.82) is 0 Å². The molecule has 100 valence electrons. The number of hydrogen-bond acceptors (Lipinski definition) is 0. The molecule has 2 aliphatic carbocycles. The third-order valence-electron chi connectivity index (χ3n) is 5.18. The van der Waals surface area contributed by atoms with E-state index in [4.69, 9.17) is 0 Å². The van der Waals surface area contributed by atoms with Gasteiger partial charge in [0.15, 0.2) is 0 Å². The minimum atomic E-state index is -2.36. The Morgan fingerprint density at radius 1 is 0.941 bits per heavy atom. The number of rotatable bonds is 2. The van der Waals surface area contributed by atoms with Crippen LogP contribution in [0.4, 0.5) is 8.78 Å². The molecule has 0 aromatic carbocycles. The van der Waals surface area contributed by atoms with Gasteiger partial charge in [-0.1, -0.05) is 26.7 Å². The van der Waals surface area contributed by atoms with Crippen molar-refractivity contribution in [1.82, 2.24) is 0 Å². The second-order valence-electron chi connectivity index (χ2n) is 6.97. The quantitative estimate of drug-likeness (QED) is 0.608. The fraction of sp³-hybridized carbons (Fsp3) is 1.00. The molecule has 0 aromatic rings. The highest BCUT2D eigenvalue weighted by Gasteiger charge is 2.38. The second-order valence-corrected chi connectivity index (χ2v) is 6.97. The molecule has 2 heteroatoms. The van der Waals surface area contributed by atoms with Gasteiger partial charge in [0.05, 0.1) is 0 Å². The van der Waals surface area contributed by atoms with Gasteiger partial charge in [-0.25, -0.2) is 8.78 Å². The lowest BCUT2D eigenvalue weighted by Crippen LogP contribution is -2.32. The maximum Gasteiger partial charge on any atom is 0.248 e. The van der Waals surface area contributed by atoms with Crippen molar-refractivity contribution in [3.8, 4) is 0 Å². The molecule has 2 aliphatic rings. The van der Waals surface area contributed by atoms with Gasteiger partial charge in [0.2, 0.25) is 5.92 Å². The third-order valence-corrected chi connectivity index (χ3v) is 5.18. The largest absolute Gasteiger partial charge is 0.248 e. The van der Waals surface area contributed by atoms with Crippen LogP contribution in [0.2, 0.25) is 0 Å². The van der Waals surface area contributed by atoms with E-state index in [1.165, 1.54) is 32.1 Å². The maximum absolute atomic E-state index is 13.1. The van der Waals surface area contributed by atoms with E-state index in [-0.39, 0.29) is 12.8 Å². The third kappa shape index (κ3) is 3.42. The molecule has 1 atom stereocenters. The first kappa shape index (κ1) is 13.3. The monoisotopic (exact) mass is 244 g/mol. The zero-order valence-electron chi connectivity index (χ0n) is 11.3. The van der Waals surface area contributed by atoms with Crippen molar-refractivity contribution in [2.75, 3.05) is 0 Å². The molecule has 17 heavy (non-hydrogen) atoms. The fourth-order valence-corrected chi connectivity index (χ4v) is 3.74. The van der Waals surface area contributed by atoms with E-state index in [2.05, 4.69) is 13.8 Å². The highest BCUT2D eigenvalue weighted by Crippen LogP contribution is 2.47. The predicted octanol–water partition coefficient (Wildman–Crippen LogP) is 5.42. The summed E-state index contributed by atoms with van der Waals surface area (Å²) in [5, 5.41) is 0. The van der Waals surface area contributed by atoms with Crippen LogP contribution in [-0.2, 0) is 0 Å². The standard InChI is InChI=1S/C15H26F2/c1-14(2)8-4-3-5-13(14)11-12-6-9-15(16,17)10-7-12/h12-13H,3-11H2,1-2H3. The topological polar surface area (TPSA) is 0 Å². The van der Waals surface area contributed by atoms with Crippen LogP contribution in [0.15, 0.2) is 0 Å². The van der Waals surface area contributed by atoms with Crippen LogP contribution < -0.4 is 0 Å². The van der Waals surface area contributed by atoms with Crippen LogP contribution in [0, 0.1) is 17.3 Å². The Morgan fingerprint density at radius 3 is 2.18 bits per heavy atom. The molecule has 0 N–H and O–H groups in total. The van der Waals surface area contributed by atoms with Crippen LogP contribution in [0.3, 0.4) is 0 Å². The van der Waals surface area contributed by atoms with Crippen molar-refractivity contribution in [3.63, 3.8) is 0 Å². The molecule has 2 rings (SSSR count). The minimum absolute atomic E-state index is 0.130. The Morgan fingerprint density at radius 2 is 1.59 bits per heavy atom. The first-order chi connectivity index (χ1) is 7.89. The van der Waals surface area contributed by atoms with Gasteiger partial charge in [-0.3, -0.25) is 0 Å². The van der Waals surface area contributed by atoms with Crippen molar-refractivity contribution < 1.29 is 8.78 Å². The van der Waals surface area contributed by atoms with Gasteiger partial charge in [-0.05, 0) is 49.4 Å². The Hall–Kier alpha value is -0.140. The van der Waals surface area contributed by atoms with Gasteiger partial charge in [0, 0.05) is 12.8 Å². The van der Waals surface area contributed by atoms with Gasteiger partial charge in [0.25, 0.3) is 0 Å². The SMILES string of the molecule is CC1(C)CCCCC1CC1CCC(F)(F)CC1. The molecule has 2 saturated carbocycles. The van der Waals surface area contributed by atoms with Crippen LogP contribution in [0.5, 0.6) is 0 Å². The van der Waals surface area contributed by atoms with Crippen molar-refractivity contribution in [2.24, 2.45) is 17.3 Å². The summed E-state index contributed by atoms with van der Waals surface area (Å²) in [6.45, 7) is 4.74. The van der Waals surface area contributed by atoms with Gasteiger partial charge >= 0.3 is 0 Å². The average Bonchev–Trinajstić information content (AvgIpc) is 2.24. The van der Waals surface area contributed by atoms with Gasteiger partial charge in [-0.2, -0.15) is 0 Å². The number of halogens is 2. The summed E-state index contributed by atoms with van der Waals surface area (Å²) in [5.74, 6) is -1.02. The molecular weight excluding hydrogens is 218 g/mol. The van der Waals surface area contributed by atoms with E-state index in [1.54, 1.807) is 0 Å². The van der Waals surface area contributed by atoms with E-state index >= 15 is 0 Å². The lowest BCUT2D eigenvalue weighted by molar-refractivity contribution is -0.0511. The van der Waals surface area contributed by atoms with E-state index in [0.29, 0.717) is 11.3 Å². The first-order valence-corrected chi connectivity index (χ1v) is 7.27. The van der Waals surface area contributed by atoms with Crippen LogP contribution in [0.25, 0.3) is 0 Å². The minimum Gasteiger partial charge on any atom is -0.207 e. The van der Waals surface area contributed by atoms with Gasteiger partial charge < -0.3 is 0 Å². The molecule has 0 amide bonds. The predicted molar refractivity (Wildman–Crippen MR) is 67.3 cm³/mol. The summed E-state index contributed by atoms with van der Waals surface area (Å²) in [6, 6.07) is 0. The molecule has 0 heterocycles. The normalized spacial score (nSPS) is 33.5. The fourth-order valence-electron chi connectivity index (χ4n) is 3.74. The Kier molecular flexibility index (Phi) is 3.80. The summed E-state index contributed by atoms with van der Waals surface area (Å²) < 4.78 is 26.2. The van der Waals surface area contributed by atoms with Crippen LogP contribution >= 0.6 is 0 Å². The zero-order valence-corrected chi connectivity index (χ0v) is 11.3. The number of alkyl halides is 2. The smallest absolute Gasteiger partial charge is 0.207 e. The first-order valence-electron chi connectivity index (χ1n) is 7.27. The lowest BCUT2D eigenvalue weighted by Gasteiger charge is -2.41. The highest BCUT2D eigenvalue weighted by molar-refractivity contribution is 4.86. The summed E-state index contributed by atoms with van der Waals surface area (Å²) >= 11 is 0. The van der Waals surface area contributed by atoms with Crippen molar-refractivity contribution >= 4 is 0 Å². The van der Waals surface area contributed by atoms with Crippen LogP contribution in [0.1, 0.15) is 71.6 Å². The molecule has 0 nitrogen and oxygen atoms in total. The number of hydrogen-bond donors (Lipinski definition) is 0. The van der Waals surface area contributed by atoms with E-state index in [0.717, 1.165) is 18.8 Å². The van der Waals surface area contributed by atoms with E-state index in [1.807, 2.05) is 0 Å². The molecule has 0 radical (unpaired) electrons. The molecular formula is C15H26F2. The molecule has 0 bridgehead atoms. The summed E-state index contributed by atoms with van der Waals surface area (Å²) in [7, 11) is 0. The zero-order chi connectivity index (χ0) is 12.5. The van der Waals surface area contributed by atoms with E-state index < -0.39 is 5.92 Å². The van der Waals surface area contributed by atoms with Crippen molar-refractivity contribution in [2.45, 2.75) is 77.6 Å². The molecule has 0 saturated heterocycles. The van der Waals surface area contributed by atoms with Gasteiger partial charge in [-0.15, -0.1) is 0 Å². The summed E-state index contributed by atoms with van der Waals surface area (Å²) in [6.07, 6.45) is 8.29. The molecule has 2 fully saturated rings. The highest BCUT2D eigenvalue weighted by atomic mass is 19.3. The maximum atomic E-state index is 13.1. The molecule has 1 unspecified atom stereocenters. The molecule has 0 spiro atoms. The molecule has 0 aliphatic heterocycles. The Labute approximate surface area is 104 Å². The lowest BCUT2D eigenvalue weighted by atomic mass is 9.64. The van der Waals surface area contributed by atoms with Crippen LogP contribution in [-0.4, -0.2) is 5.92 Å². The second kappa shape index (κ2) is 4.85. The van der Waals surface area contributed by atoms with Gasteiger partial charge in [0.1, 0.15) is 0 Å². The average molecular weight is 244 g/mol. The summed E-state index contributed by atoms with van der Waals surface area (Å²) in [4.78, 5) is 0. The summed E-state index contributed by atoms with van der Waals surface area (Å²) in [5.41, 5.74) is 0.443. The van der Waals surface area contributed by atoms with Crippen molar-refractivity contribution in [3.05, 3.63) is 0 Å².